The maximum absolute atomic E-state index is 10.5. The summed E-state index contributed by atoms with van der Waals surface area (Å²) in [6.07, 6.45) is 0.826. The lowest BCUT2D eigenvalue weighted by atomic mass is 9.74. The van der Waals surface area contributed by atoms with Gasteiger partial charge < -0.3 is 29.0 Å². The van der Waals surface area contributed by atoms with Crippen LogP contribution in [0.15, 0.2) is 42.5 Å². The van der Waals surface area contributed by atoms with Crippen molar-refractivity contribution in [2.75, 3.05) is 47.6 Å². The van der Waals surface area contributed by atoms with Gasteiger partial charge in [0.05, 0.1) is 32.8 Å². The predicted octanol–water partition coefficient (Wildman–Crippen LogP) is 3.01. The molecule has 1 heterocycles. The SMILES string of the molecule is COc1cc(OCC(O)CN2CCC(C#N)(c3ccccc3)CC2)cc(OC)c1OC. The Kier molecular flexibility index (Phi) is 7.61. The van der Waals surface area contributed by atoms with Crippen LogP contribution in [-0.4, -0.2) is 63.7 Å². The molecule has 1 aliphatic heterocycles. The van der Waals surface area contributed by atoms with Crippen molar-refractivity contribution in [2.24, 2.45) is 0 Å². The van der Waals surface area contributed by atoms with Crippen molar-refractivity contribution < 1.29 is 24.1 Å². The van der Waals surface area contributed by atoms with Crippen LogP contribution in [0.4, 0.5) is 0 Å². The predicted molar refractivity (Wildman–Crippen MR) is 117 cm³/mol. The molecule has 0 aromatic heterocycles. The van der Waals surface area contributed by atoms with Gasteiger partial charge in [0.2, 0.25) is 5.75 Å². The molecule has 7 nitrogen and oxygen atoms in total. The fraction of sp³-hybridized carbons (Fsp3) is 0.458. The van der Waals surface area contributed by atoms with E-state index < -0.39 is 11.5 Å². The van der Waals surface area contributed by atoms with E-state index in [1.807, 2.05) is 30.3 Å². The second-order valence-corrected chi connectivity index (χ2v) is 7.69. The third-order valence-corrected chi connectivity index (χ3v) is 5.80. The van der Waals surface area contributed by atoms with Gasteiger partial charge in [0, 0.05) is 31.8 Å². The summed E-state index contributed by atoms with van der Waals surface area (Å²) in [5, 5.41) is 20.3. The lowest BCUT2D eigenvalue weighted by molar-refractivity contribution is 0.0551. The highest BCUT2D eigenvalue weighted by atomic mass is 16.5. The highest BCUT2D eigenvalue weighted by Gasteiger charge is 2.36. The van der Waals surface area contributed by atoms with E-state index in [-0.39, 0.29) is 6.61 Å². The van der Waals surface area contributed by atoms with E-state index in [4.69, 9.17) is 18.9 Å². The summed E-state index contributed by atoms with van der Waals surface area (Å²) in [7, 11) is 4.63. The molecule has 31 heavy (non-hydrogen) atoms. The summed E-state index contributed by atoms with van der Waals surface area (Å²) >= 11 is 0. The van der Waals surface area contributed by atoms with Crippen molar-refractivity contribution in [1.29, 1.82) is 5.26 Å². The second-order valence-electron chi connectivity index (χ2n) is 7.69. The normalized spacial score (nSPS) is 16.7. The van der Waals surface area contributed by atoms with Gasteiger partial charge in [-0.05, 0) is 18.4 Å². The minimum absolute atomic E-state index is 0.136. The molecular weight excluding hydrogens is 396 g/mol. The number of ether oxygens (including phenoxy) is 4. The van der Waals surface area contributed by atoms with E-state index in [0.717, 1.165) is 31.5 Å². The lowest BCUT2D eigenvalue weighted by Crippen LogP contribution is -2.45. The molecule has 1 fully saturated rings. The van der Waals surface area contributed by atoms with Crippen molar-refractivity contribution in [2.45, 2.75) is 24.4 Å². The molecule has 166 valence electrons. The first-order valence-corrected chi connectivity index (χ1v) is 10.3. The van der Waals surface area contributed by atoms with Crippen molar-refractivity contribution in [1.82, 2.24) is 4.90 Å². The van der Waals surface area contributed by atoms with Gasteiger partial charge in [-0.15, -0.1) is 0 Å². The fourth-order valence-corrected chi connectivity index (χ4v) is 4.02. The summed E-state index contributed by atoms with van der Waals surface area (Å²) in [4.78, 5) is 2.18. The van der Waals surface area contributed by atoms with Gasteiger partial charge >= 0.3 is 0 Å². The molecule has 0 spiro atoms. The van der Waals surface area contributed by atoms with E-state index in [9.17, 15) is 10.4 Å². The molecule has 2 aromatic carbocycles. The molecule has 0 aliphatic carbocycles. The minimum Gasteiger partial charge on any atom is -0.493 e. The van der Waals surface area contributed by atoms with Gasteiger partial charge in [-0.1, -0.05) is 30.3 Å². The van der Waals surface area contributed by atoms with E-state index in [2.05, 4.69) is 11.0 Å². The first-order chi connectivity index (χ1) is 15.0. The Labute approximate surface area is 183 Å². The molecule has 0 radical (unpaired) electrons. The van der Waals surface area contributed by atoms with Crippen LogP contribution in [0.1, 0.15) is 18.4 Å². The summed E-state index contributed by atoms with van der Waals surface area (Å²) in [6.45, 7) is 2.13. The van der Waals surface area contributed by atoms with Gasteiger partial charge in [0.25, 0.3) is 0 Å². The van der Waals surface area contributed by atoms with Crippen molar-refractivity contribution in [3.05, 3.63) is 48.0 Å². The summed E-state index contributed by atoms with van der Waals surface area (Å²) in [6, 6.07) is 15.9. The number of rotatable bonds is 9. The Morgan fingerprint density at radius 2 is 1.65 bits per heavy atom. The number of likely N-dealkylation sites (tertiary alicyclic amines) is 1. The first kappa shape index (κ1) is 22.7. The fourth-order valence-electron chi connectivity index (χ4n) is 4.02. The molecule has 2 aromatic rings. The Morgan fingerprint density at radius 3 is 2.16 bits per heavy atom. The van der Waals surface area contributed by atoms with Gasteiger partial charge in [0.1, 0.15) is 18.5 Å². The second kappa shape index (κ2) is 10.4. The number of aliphatic hydroxyl groups is 1. The van der Waals surface area contributed by atoms with Crippen LogP contribution in [0.5, 0.6) is 23.0 Å². The Morgan fingerprint density at radius 1 is 1.03 bits per heavy atom. The number of benzene rings is 2. The van der Waals surface area contributed by atoms with Gasteiger partial charge in [-0.3, -0.25) is 0 Å². The average molecular weight is 427 g/mol. The lowest BCUT2D eigenvalue weighted by Gasteiger charge is -2.38. The average Bonchev–Trinajstić information content (AvgIpc) is 2.83. The van der Waals surface area contributed by atoms with Crippen LogP contribution in [0, 0.1) is 11.3 Å². The van der Waals surface area contributed by atoms with E-state index in [0.29, 0.717) is 29.5 Å². The van der Waals surface area contributed by atoms with E-state index in [1.54, 1.807) is 33.5 Å². The number of hydrogen-bond acceptors (Lipinski definition) is 7. The quantitative estimate of drug-likeness (QED) is 0.660. The van der Waals surface area contributed by atoms with E-state index in [1.165, 1.54) is 0 Å². The van der Waals surface area contributed by atoms with Gasteiger partial charge in [-0.25, -0.2) is 0 Å². The molecule has 1 N–H and O–H groups in total. The smallest absolute Gasteiger partial charge is 0.203 e. The zero-order chi connectivity index (χ0) is 22.3. The third-order valence-electron chi connectivity index (χ3n) is 5.80. The first-order valence-electron chi connectivity index (χ1n) is 10.3. The molecule has 7 heteroatoms. The van der Waals surface area contributed by atoms with Crippen LogP contribution in [-0.2, 0) is 5.41 Å². The number of piperidine rings is 1. The molecule has 0 amide bonds. The standard InChI is InChI=1S/C24H30N2O5/c1-28-21-13-20(14-22(29-2)23(21)30-3)31-16-19(27)15-26-11-9-24(17-25,10-12-26)18-7-5-4-6-8-18/h4-8,13-14,19,27H,9-12,15-16H2,1-3H3. The molecule has 1 saturated heterocycles. The van der Waals surface area contributed by atoms with E-state index >= 15 is 0 Å². The highest BCUT2D eigenvalue weighted by Crippen LogP contribution is 2.41. The minimum atomic E-state index is -0.662. The van der Waals surface area contributed by atoms with Crippen molar-refractivity contribution in [3.63, 3.8) is 0 Å². The number of hydrogen-bond donors (Lipinski definition) is 1. The maximum atomic E-state index is 10.5. The van der Waals surface area contributed by atoms with Gasteiger partial charge in [0.15, 0.2) is 11.5 Å². The van der Waals surface area contributed by atoms with Crippen molar-refractivity contribution in [3.8, 4) is 29.1 Å². The molecule has 1 aliphatic rings. The van der Waals surface area contributed by atoms with Crippen LogP contribution in [0.3, 0.4) is 0 Å². The summed E-state index contributed by atoms with van der Waals surface area (Å²) < 4.78 is 21.8. The number of nitriles is 1. The van der Waals surface area contributed by atoms with Crippen LogP contribution >= 0.6 is 0 Å². The summed E-state index contributed by atoms with van der Waals surface area (Å²) in [5.41, 5.74) is 0.624. The maximum Gasteiger partial charge on any atom is 0.203 e. The summed E-state index contributed by atoms with van der Waals surface area (Å²) in [5.74, 6) is 2.01. The molecular formula is C24H30N2O5. The van der Waals surface area contributed by atoms with Gasteiger partial charge in [-0.2, -0.15) is 5.26 Å². The largest absolute Gasteiger partial charge is 0.493 e. The van der Waals surface area contributed by atoms with Crippen LogP contribution in [0.25, 0.3) is 0 Å². The number of methoxy groups -OCH3 is 3. The number of β-amino-alcohol motifs (C(OH)–C–C–N with tert-alkyl or cyclic N) is 1. The Bertz CT molecular complexity index is 864. The topological polar surface area (TPSA) is 84.2 Å². The highest BCUT2D eigenvalue weighted by molar-refractivity contribution is 5.55. The van der Waals surface area contributed by atoms with Crippen LogP contribution < -0.4 is 18.9 Å². The number of nitrogens with zero attached hydrogens (tertiary/aromatic N) is 2. The zero-order valence-corrected chi connectivity index (χ0v) is 18.3. The number of aliphatic hydroxyl groups excluding tert-OH is 1. The Balaban J connectivity index is 1.54. The molecule has 0 bridgehead atoms. The monoisotopic (exact) mass is 426 g/mol. The molecule has 3 rings (SSSR count). The Hall–Kier alpha value is -2.95. The van der Waals surface area contributed by atoms with Crippen LogP contribution in [0.2, 0.25) is 0 Å². The van der Waals surface area contributed by atoms with Crippen molar-refractivity contribution >= 4 is 0 Å². The third kappa shape index (κ3) is 5.22. The molecule has 1 unspecified atom stereocenters. The molecule has 1 atom stereocenters. The zero-order valence-electron chi connectivity index (χ0n) is 18.3. The molecule has 0 saturated carbocycles.